The molecule has 0 radical (unpaired) electrons. The second kappa shape index (κ2) is 8.24. The number of nitro benzene ring substituents is 1. The molecule has 0 aliphatic carbocycles. The summed E-state index contributed by atoms with van der Waals surface area (Å²) in [6, 6.07) is 13.4. The quantitative estimate of drug-likeness (QED) is 0.388. The van der Waals surface area contributed by atoms with Crippen molar-refractivity contribution in [2.75, 3.05) is 12.4 Å². The Morgan fingerprint density at radius 2 is 1.89 bits per heavy atom. The number of methoxy groups -OCH3 is 1. The molecule has 3 rings (SSSR count). The van der Waals surface area contributed by atoms with Crippen molar-refractivity contribution in [3.05, 3.63) is 75.7 Å². The van der Waals surface area contributed by atoms with Crippen LogP contribution in [0.25, 0.3) is 17.3 Å². The van der Waals surface area contributed by atoms with E-state index in [9.17, 15) is 14.9 Å². The molecule has 1 aromatic heterocycles. The number of nitrogens with zero attached hydrogens (tertiary/aromatic N) is 2. The van der Waals surface area contributed by atoms with Crippen LogP contribution in [0.1, 0.15) is 5.56 Å². The molecule has 1 N–H and O–H groups in total. The Labute approximate surface area is 159 Å². The first-order valence-corrected chi connectivity index (χ1v) is 8.76. The van der Waals surface area contributed by atoms with E-state index in [4.69, 9.17) is 4.74 Å². The molecule has 0 saturated carbocycles. The number of ether oxygens (including phenoxy) is 1. The molecule has 0 aliphatic heterocycles. The molecule has 27 heavy (non-hydrogen) atoms. The normalized spacial score (nSPS) is 10.7. The Hall–Kier alpha value is -3.52. The summed E-state index contributed by atoms with van der Waals surface area (Å²) in [5.74, 6) is 0.452. The smallest absolute Gasteiger partial charge is 0.269 e. The predicted octanol–water partition coefficient (Wildman–Crippen LogP) is 4.38. The monoisotopic (exact) mass is 381 g/mol. The van der Waals surface area contributed by atoms with Gasteiger partial charge in [0.2, 0.25) is 5.91 Å². The summed E-state index contributed by atoms with van der Waals surface area (Å²) in [4.78, 5) is 26.6. The molecule has 3 aromatic rings. The van der Waals surface area contributed by atoms with Crippen LogP contribution in [0.5, 0.6) is 5.75 Å². The molecule has 136 valence electrons. The number of nitrogens with one attached hydrogen (secondary N) is 1. The third-order valence-corrected chi connectivity index (χ3v) is 4.41. The molecule has 1 heterocycles. The first-order chi connectivity index (χ1) is 13.0. The minimum absolute atomic E-state index is 0.0196. The molecule has 0 atom stereocenters. The minimum Gasteiger partial charge on any atom is -0.497 e. The molecule has 0 bridgehead atoms. The van der Waals surface area contributed by atoms with Crippen LogP contribution >= 0.6 is 11.3 Å². The number of thiazole rings is 1. The van der Waals surface area contributed by atoms with Gasteiger partial charge in [-0.2, -0.15) is 0 Å². The summed E-state index contributed by atoms with van der Waals surface area (Å²) < 4.78 is 5.09. The van der Waals surface area contributed by atoms with Gasteiger partial charge in [0, 0.05) is 29.2 Å². The lowest BCUT2D eigenvalue weighted by molar-refractivity contribution is -0.384. The number of amides is 1. The molecule has 8 heteroatoms. The molecular formula is C19H15N3O4S. The van der Waals surface area contributed by atoms with E-state index >= 15 is 0 Å². The molecule has 0 spiro atoms. The summed E-state index contributed by atoms with van der Waals surface area (Å²) in [6.45, 7) is 0. The van der Waals surface area contributed by atoms with E-state index in [0.717, 1.165) is 16.9 Å². The van der Waals surface area contributed by atoms with Crippen molar-refractivity contribution in [2.45, 2.75) is 0 Å². The number of anilines is 1. The molecule has 0 aliphatic rings. The van der Waals surface area contributed by atoms with Crippen LogP contribution in [-0.2, 0) is 4.79 Å². The van der Waals surface area contributed by atoms with E-state index in [1.165, 1.54) is 29.5 Å². The van der Waals surface area contributed by atoms with Crippen LogP contribution < -0.4 is 10.1 Å². The minimum atomic E-state index is -0.453. The highest BCUT2D eigenvalue weighted by Crippen LogP contribution is 2.26. The Morgan fingerprint density at radius 3 is 2.52 bits per heavy atom. The number of carbonyl (C=O) groups is 1. The van der Waals surface area contributed by atoms with Gasteiger partial charge < -0.3 is 4.74 Å². The van der Waals surface area contributed by atoms with Crippen LogP contribution in [0.3, 0.4) is 0 Å². The number of hydrogen-bond acceptors (Lipinski definition) is 6. The number of carbonyl (C=O) groups excluding carboxylic acids is 1. The number of non-ortho nitro benzene ring substituents is 1. The van der Waals surface area contributed by atoms with E-state index in [2.05, 4.69) is 10.3 Å². The van der Waals surface area contributed by atoms with Gasteiger partial charge >= 0.3 is 0 Å². The molecule has 1 amide bonds. The standard InChI is InChI=1S/C19H15N3O4S/c1-26-16-9-2-13(3-10-16)4-11-18(23)21-19-20-17(12-27-19)14-5-7-15(8-6-14)22(24)25/h2-12H,1H3,(H,20,21,23)/b11-4+. The second-order valence-corrected chi connectivity index (χ2v) is 6.30. The molecular weight excluding hydrogens is 366 g/mol. The van der Waals surface area contributed by atoms with Gasteiger partial charge in [-0.05, 0) is 35.9 Å². The lowest BCUT2D eigenvalue weighted by Gasteiger charge is -1.99. The molecule has 0 saturated heterocycles. The summed E-state index contributed by atoms with van der Waals surface area (Å²) >= 11 is 1.28. The summed E-state index contributed by atoms with van der Waals surface area (Å²) in [6.07, 6.45) is 3.12. The average Bonchev–Trinajstić information content (AvgIpc) is 3.15. The summed E-state index contributed by atoms with van der Waals surface area (Å²) in [5.41, 5.74) is 2.28. The Kier molecular flexibility index (Phi) is 5.58. The maximum Gasteiger partial charge on any atom is 0.269 e. The van der Waals surface area contributed by atoms with Gasteiger partial charge in [-0.1, -0.05) is 12.1 Å². The van der Waals surface area contributed by atoms with Gasteiger partial charge in [0.1, 0.15) is 5.75 Å². The van der Waals surface area contributed by atoms with Gasteiger partial charge in [-0.25, -0.2) is 4.98 Å². The van der Waals surface area contributed by atoms with Gasteiger partial charge in [-0.15, -0.1) is 11.3 Å². The van der Waals surface area contributed by atoms with E-state index in [1.807, 2.05) is 24.3 Å². The zero-order valence-electron chi connectivity index (χ0n) is 14.3. The third kappa shape index (κ3) is 4.77. The highest BCUT2D eigenvalue weighted by Gasteiger charge is 2.09. The zero-order valence-corrected chi connectivity index (χ0v) is 15.1. The second-order valence-electron chi connectivity index (χ2n) is 5.44. The lowest BCUT2D eigenvalue weighted by atomic mass is 10.1. The van der Waals surface area contributed by atoms with Crippen LogP contribution in [0.4, 0.5) is 10.8 Å². The van der Waals surface area contributed by atoms with Crippen LogP contribution in [0, 0.1) is 10.1 Å². The van der Waals surface area contributed by atoms with Crippen LogP contribution in [0.15, 0.2) is 60.0 Å². The average molecular weight is 381 g/mol. The Balaban J connectivity index is 1.63. The van der Waals surface area contributed by atoms with Crippen molar-refractivity contribution >= 4 is 34.1 Å². The van der Waals surface area contributed by atoms with Crippen molar-refractivity contribution in [3.63, 3.8) is 0 Å². The summed E-state index contributed by atoms with van der Waals surface area (Å²) in [7, 11) is 1.59. The zero-order chi connectivity index (χ0) is 19.2. The van der Waals surface area contributed by atoms with E-state index in [1.54, 1.807) is 30.7 Å². The van der Waals surface area contributed by atoms with E-state index in [-0.39, 0.29) is 11.6 Å². The van der Waals surface area contributed by atoms with Gasteiger partial charge in [0.15, 0.2) is 5.13 Å². The predicted molar refractivity (Wildman–Crippen MR) is 105 cm³/mol. The van der Waals surface area contributed by atoms with Crippen molar-refractivity contribution < 1.29 is 14.5 Å². The van der Waals surface area contributed by atoms with Crippen molar-refractivity contribution in [3.8, 4) is 17.0 Å². The Bertz CT molecular complexity index is 979. The molecule has 0 unspecified atom stereocenters. The maximum absolute atomic E-state index is 12.0. The molecule has 2 aromatic carbocycles. The topological polar surface area (TPSA) is 94.4 Å². The number of hydrogen-bond donors (Lipinski definition) is 1. The van der Waals surface area contributed by atoms with Crippen molar-refractivity contribution in [1.82, 2.24) is 4.98 Å². The van der Waals surface area contributed by atoms with E-state index < -0.39 is 4.92 Å². The number of benzene rings is 2. The fourth-order valence-corrected chi connectivity index (χ4v) is 2.97. The fourth-order valence-electron chi connectivity index (χ4n) is 2.25. The third-order valence-electron chi connectivity index (χ3n) is 3.65. The number of rotatable bonds is 6. The maximum atomic E-state index is 12.0. The van der Waals surface area contributed by atoms with Gasteiger partial charge in [0.05, 0.1) is 17.7 Å². The largest absolute Gasteiger partial charge is 0.497 e. The van der Waals surface area contributed by atoms with Crippen LogP contribution in [-0.4, -0.2) is 22.9 Å². The highest BCUT2D eigenvalue weighted by atomic mass is 32.1. The van der Waals surface area contributed by atoms with Crippen molar-refractivity contribution in [2.24, 2.45) is 0 Å². The number of nitro groups is 1. The van der Waals surface area contributed by atoms with Gasteiger partial charge in [0.25, 0.3) is 5.69 Å². The molecule has 7 nitrogen and oxygen atoms in total. The first-order valence-electron chi connectivity index (χ1n) is 7.88. The highest BCUT2D eigenvalue weighted by molar-refractivity contribution is 7.14. The van der Waals surface area contributed by atoms with Crippen LogP contribution in [0.2, 0.25) is 0 Å². The lowest BCUT2D eigenvalue weighted by Crippen LogP contribution is -2.07. The van der Waals surface area contributed by atoms with Crippen molar-refractivity contribution in [1.29, 1.82) is 0 Å². The summed E-state index contributed by atoms with van der Waals surface area (Å²) in [5, 5.41) is 15.6. The first kappa shape index (κ1) is 18.3. The fraction of sp³-hybridized carbons (Fsp3) is 0.0526. The van der Waals surface area contributed by atoms with E-state index in [0.29, 0.717) is 10.8 Å². The molecule has 0 fully saturated rings. The SMILES string of the molecule is COc1ccc(/C=C/C(=O)Nc2nc(-c3ccc([N+](=O)[O-])cc3)cs2)cc1. The Morgan fingerprint density at radius 1 is 1.19 bits per heavy atom. The van der Waals surface area contributed by atoms with Gasteiger partial charge in [-0.3, -0.25) is 20.2 Å². The number of aromatic nitrogens is 1.